The maximum atomic E-state index is 12.6. The van der Waals surface area contributed by atoms with E-state index in [2.05, 4.69) is 24.5 Å². The third kappa shape index (κ3) is 4.48. The van der Waals surface area contributed by atoms with Crippen LogP contribution in [0.15, 0.2) is 72.8 Å². The van der Waals surface area contributed by atoms with Gasteiger partial charge in [0.15, 0.2) is 10.8 Å². The predicted molar refractivity (Wildman–Crippen MR) is 137 cm³/mol. The predicted octanol–water partition coefficient (Wildman–Crippen LogP) is 5.82. The van der Waals surface area contributed by atoms with Gasteiger partial charge < -0.3 is 20.1 Å². The molecule has 2 N–H and O–H groups in total. The minimum Gasteiger partial charge on any atom is -0.468 e. The highest BCUT2D eigenvalue weighted by molar-refractivity contribution is 7.80. The summed E-state index contributed by atoms with van der Waals surface area (Å²) in [4.78, 5) is 12.6. The third-order valence-electron chi connectivity index (χ3n) is 6.22. The number of nitrogens with one attached hydrogen (secondary N) is 2. The average Bonchev–Trinajstić information content (AvgIpc) is 2.77. The second-order valence-electron chi connectivity index (χ2n) is 9.47. The van der Waals surface area contributed by atoms with Gasteiger partial charge in [-0.05, 0) is 55.9 Å². The van der Waals surface area contributed by atoms with E-state index in [1.54, 1.807) is 36.4 Å². The van der Waals surface area contributed by atoms with E-state index in [4.69, 9.17) is 33.3 Å². The van der Waals surface area contributed by atoms with Crippen LogP contribution in [0, 0.1) is 0 Å². The number of rotatable bonds is 3. The smallest absolute Gasteiger partial charge is 0.343 e. The fraction of sp³-hybridized carbons (Fsp3) is 0.259. The van der Waals surface area contributed by atoms with Crippen molar-refractivity contribution in [3.63, 3.8) is 0 Å². The highest BCUT2D eigenvalue weighted by Gasteiger charge is 2.49. The van der Waals surface area contributed by atoms with Crippen molar-refractivity contribution < 1.29 is 14.3 Å². The first-order valence-corrected chi connectivity index (χ1v) is 12.0. The van der Waals surface area contributed by atoms with Crippen molar-refractivity contribution in [1.29, 1.82) is 0 Å². The van der Waals surface area contributed by atoms with Crippen molar-refractivity contribution in [2.75, 3.05) is 0 Å². The molecule has 0 unspecified atom stereocenters. The van der Waals surface area contributed by atoms with Gasteiger partial charge in [-0.15, -0.1) is 0 Å². The van der Waals surface area contributed by atoms with Crippen LogP contribution < -0.4 is 20.1 Å². The van der Waals surface area contributed by atoms with Crippen LogP contribution >= 0.6 is 23.8 Å². The number of esters is 1. The van der Waals surface area contributed by atoms with E-state index in [1.807, 2.05) is 36.4 Å². The molecule has 2 aliphatic heterocycles. The lowest BCUT2D eigenvalue weighted by atomic mass is 9.77. The van der Waals surface area contributed by atoms with Crippen LogP contribution in [0.3, 0.4) is 0 Å². The molecule has 0 radical (unpaired) electrons. The molecule has 2 aliphatic rings. The molecule has 174 valence electrons. The molecule has 0 aliphatic carbocycles. The number of carbonyl (C=O) groups is 1. The van der Waals surface area contributed by atoms with Crippen LogP contribution in [0.25, 0.3) is 0 Å². The van der Waals surface area contributed by atoms with E-state index in [-0.39, 0.29) is 11.5 Å². The van der Waals surface area contributed by atoms with Gasteiger partial charge in [-0.25, -0.2) is 4.79 Å². The van der Waals surface area contributed by atoms with E-state index in [0.717, 1.165) is 11.1 Å². The number of halogens is 1. The lowest BCUT2D eigenvalue weighted by Crippen LogP contribution is -2.69. The van der Waals surface area contributed by atoms with Crippen molar-refractivity contribution in [1.82, 2.24) is 10.6 Å². The first-order chi connectivity index (χ1) is 16.2. The summed E-state index contributed by atoms with van der Waals surface area (Å²) in [5.41, 5.74) is 1.50. The topological polar surface area (TPSA) is 59.6 Å². The monoisotopic (exact) mass is 492 g/mol. The number of hydrogen-bond acceptors (Lipinski definition) is 4. The average molecular weight is 493 g/mol. The molecule has 3 aromatic carbocycles. The van der Waals surface area contributed by atoms with Gasteiger partial charge >= 0.3 is 5.97 Å². The summed E-state index contributed by atoms with van der Waals surface area (Å²) in [6.07, 6.45) is 1.33. The van der Waals surface area contributed by atoms with Gasteiger partial charge in [-0.2, -0.15) is 0 Å². The van der Waals surface area contributed by atoms with Crippen molar-refractivity contribution in [3.05, 3.63) is 94.5 Å². The Hall–Kier alpha value is -3.09. The molecule has 1 saturated heterocycles. The van der Waals surface area contributed by atoms with Crippen molar-refractivity contribution in [3.8, 4) is 11.5 Å². The molecule has 3 aromatic rings. The summed E-state index contributed by atoms with van der Waals surface area (Å²) in [5, 5.41) is 7.94. The minimum atomic E-state index is -0.731. The van der Waals surface area contributed by atoms with Gasteiger partial charge in [0.1, 0.15) is 11.5 Å². The molecule has 34 heavy (non-hydrogen) atoms. The van der Waals surface area contributed by atoms with Crippen molar-refractivity contribution in [2.45, 2.75) is 43.9 Å². The molecule has 1 fully saturated rings. The Bertz CT molecular complexity index is 1260. The SMILES string of the molecule is CC1(C)C[C@@]2(C[C@H](c3ccccc3Cl)c3ccc(OC(=O)c4ccccc4)cc3O2)NC(=S)N1. The number of carbonyl (C=O) groups excluding carboxylic acids is 1. The zero-order valence-electron chi connectivity index (χ0n) is 18.9. The first-order valence-electron chi connectivity index (χ1n) is 11.2. The Morgan fingerprint density at radius 3 is 2.50 bits per heavy atom. The van der Waals surface area contributed by atoms with Crippen LogP contribution in [0.1, 0.15) is 54.1 Å². The van der Waals surface area contributed by atoms with E-state index in [0.29, 0.717) is 40.0 Å². The largest absolute Gasteiger partial charge is 0.468 e. The van der Waals surface area contributed by atoms with Gasteiger partial charge in [0, 0.05) is 41.0 Å². The van der Waals surface area contributed by atoms with Crippen LogP contribution in [-0.4, -0.2) is 22.3 Å². The zero-order valence-corrected chi connectivity index (χ0v) is 20.5. The molecule has 0 saturated carbocycles. The molecule has 7 heteroatoms. The number of ether oxygens (including phenoxy) is 2. The lowest BCUT2D eigenvalue weighted by Gasteiger charge is -2.50. The van der Waals surface area contributed by atoms with Crippen molar-refractivity contribution in [2.24, 2.45) is 0 Å². The summed E-state index contributed by atoms with van der Waals surface area (Å²) in [7, 11) is 0. The number of benzene rings is 3. The molecular weight excluding hydrogens is 468 g/mol. The third-order valence-corrected chi connectivity index (χ3v) is 6.77. The van der Waals surface area contributed by atoms with Gasteiger partial charge in [0.2, 0.25) is 0 Å². The van der Waals surface area contributed by atoms with Gasteiger partial charge in [-0.1, -0.05) is 54.1 Å². The highest BCUT2D eigenvalue weighted by Crippen LogP contribution is 2.49. The van der Waals surface area contributed by atoms with Crippen LogP contribution in [0.4, 0.5) is 0 Å². The van der Waals surface area contributed by atoms with Crippen LogP contribution in [-0.2, 0) is 0 Å². The van der Waals surface area contributed by atoms with Crippen LogP contribution in [0.5, 0.6) is 11.5 Å². The van der Waals surface area contributed by atoms with Crippen LogP contribution in [0.2, 0.25) is 5.02 Å². The Morgan fingerprint density at radius 2 is 1.76 bits per heavy atom. The van der Waals surface area contributed by atoms with Gasteiger partial charge in [0.25, 0.3) is 0 Å². The molecule has 0 aromatic heterocycles. The number of thiocarbonyl (C=S) groups is 1. The highest BCUT2D eigenvalue weighted by atomic mass is 35.5. The Kier molecular flexibility index (Phi) is 5.74. The molecular formula is C27H25ClN2O3S. The first kappa shape index (κ1) is 22.7. The number of hydrogen-bond donors (Lipinski definition) is 2. The lowest BCUT2D eigenvalue weighted by molar-refractivity contribution is -0.0128. The second kappa shape index (κ2) is 8.60. The molecule has 1 spiro atoms. The molecule has 2 heterocycles. The van der Waals surface area contributed by atoms with E-state index < -0.39 is 11.7 Å². The molecule has 0 amide bonds. The van der Waals surface area contributed by atoms with Crippen molar-refractivity contribution >= 4 is 34.9 Å². The summed E-state index contributed by atoms with van der Waals surface area (Å²) in [6, 6.07) is 22.3. The van der Waals surface area contributed by atoms with Gasteiger partial charge in [-0.3, -0.25) is 0 Å². The summed E-state index contributed by atoms with van der Waals surface area (Å²) in [6.45, 7) is 4.20. The van der Waals surface area contributed by atoms with E-state index in [1.165, 1.54) is 0 Å². The standard InChI is InChI=1S/C27H25ClN2O3S/c1-26(2)16-27(30-25(34)29-26)15-21(19-10-6-7-11-22(19)28)20-13-12-18(14-23(20)33-27)32-24(31)17-8-4-3-5-9-17/h3-14,21H,15-16H2,1-2H3,(H2,29,30,34)/t21-,27+/m1/s1. The molecule has 5 nitrogen and oxygen atoms in total. The van der Waals surface area contributed by atoms with E-state index >= 15 is 0 Å². The molecule has 0 bridgehead atoms. The quantitative estimate of drug-likeness (QED) is 0.273. The zero-order chi connectivity index (χ0) is 23.9. The Labute approximate surface area is 209 Å². The summed E-state index contributed by atoms with van der Waals surface area (Å²) >= 11 is 12.2. The Morgan fingerprint density at radius 1 is 1.03 bits per heavy atom. The van der Waals surface area contributed by atoms with E-state index in [9.17, 15) is 4.79 Å². The molecule has 2 atom stereocenters. The fourth-order valence-corrected chi connectivity index (χ4v) is 5.68. The maximum absolute atomic E-state index is 12.6. The second-order valence-corrected chi connectivity index (χ2v) is 10.3. The number of fused-ring (bicyclic) bond motifs is 1. The Balaban J connectivity index is 1.55. The fourth-order valence-electron chi connectivity index (χ4n) is 4.95. The maximum Gasteiger partial charge on any atom is 0.343 e. The normalized spacial score (nSPS) is 22.7. The summed E-state index contributed by atoms with van der Waals surface area (Å²) in [5.74, 6) is 0.609. The van der Waals surface area contributed by atoms with Gasteiger partial charge in [0.05, 0.1) is 5.56 Å². The molecule has 5 rings (SSSR count). The summed E-state index contributed by atoms with van der Waals surface area (Å²) < 4.78 is 12.3. The minimum absolute atomic E-state index is 0.0273.